The summed E-state index contributed by atoms with van der Waals surface area (Å²) in [5.74, 6) is -1.98. The molecule has 3 aromatic carbocycles. The van der Waals surface area contributed by atoms with E-state index in [4.69, 9.17) is 16.3 Å². The summed E-state index contributed by atoms with van der Waals surface area (Å²) in [7, 11) is 0. The van der Waals surface area contributed by atoms with E-state index in [-0.39, 0.29) is 17.1 Å². The maximum absolute atomic E-state index is 12.2. The Labute approximate surface area is 153 Å². The van der Waals surface area contributed by atoms with Gasteiger partial charge in [0.15, 0.2) is 6.61 Å². The van der Waals surface area contributed by atoms with Gasteiger partial charge in [0.05, 0.1) is 0 Å². The van der Waals surface area contributed by atoms with Crippen molar-refractivity contribution in [2.24, 2.45) is 0 Å². The molecule has 0 unspecified atom stereocenters. The largest absolute Gasteiger partial charge is 0.507 e. The molecule has 132 valence electrons. The van der Waals surface area contributed by atoms with Crippen molar-refractivity contribution >= 4 is 39.9 Å². The Bertz CT molecular complexity index is 1000. The molecule has 26 heavy (non-hydrogen) atoms. The smallest absolute Gasteiger partial charge is 0.342 e. The SMILES string of the molecule is O=C(COC(=O)c1cc(O)c2ccccc2c1O)Nc1cccc(Cl)c1. The van der Waals surface area contributed by atoms with Crippen LogP contribution in [0.4, 0.5) is 5.69 Å². The molecule has 0 heterocycles. The molecule has 3 aromatic rings. The summed E-state index contributed by atoms with van der Waals surface area (Å²) in [5.41, 5.74) is 0.238. The molecular formula is C19H14ClNO5. The zero-order valence-corrected chi connectivity index (χ0v) is 14.2. The lowest BCUT2D eigenvalue weighted by Gasteiger charge is -2.10. The van der Waals surface area contributed by atoms with Gasteiger partial charge in [-0.25, -0.2) is 4.79 Å². The van der Waals surface area contributed by atoms with Crippen LogP contribution < -0.4 is 5.32 Å². The average molecular weight is 372 g/mol. The van der Waals surface area contributed by atoms with Crippen molar-refractivity contribution in [2.75, 3.05) is 11.9 Å². The summed E-state index contributed by atoms with van der Waals surface area (Å²) in [4.78, 5) is 24.1. The van der Waals surface area contributed by atoms with Crippen molar-refractivity contribution < 1.29 is 24.5 Å². The summed E-state index contributed by atoms with van der Waals surface area (Å²) < 4.78 is 4.92. The van der Waals surface area contributed by atoms with E-state index in [2.05, 4.69) is 5.32 Å². The van der Waals surface area contributed by atoms with E-state index < -0.39 is 18.5 Å². The van der Waals surface area contributed by atoms with Crippen molar-refractivity contribution in [1.82, 2.24) is 0 Å². The number of nitrogens with one attached hydrogen (secondary N) is 1. The molecule has 1 amide bonds. The van der Waals surface area contributed by atoms with Gasteiger partial charge in [-0.2, -0.15) is 0 Å². The van der Waals surface area contributed by atoms with Crippen LogP contribution in [0.5, 0.6) is 11.5 Å². The third-order valence-electron chi connectivity index (χ3n) is 3.66. The Balaban J connectivity index is 1.71. The molecule has 7 heteroatoms. The van der Waals surface area contributed by atoms with Crippen LogP contribution in [0.25, 0.3) is 10.8 Å². The maximum atomic E-state index is 12.2. The first-order chi connectivity index (χ1) is 12.5. The van der Waals surface area contributed by atoms with Gasteiger partial charge >= 0.3 is 5.97 Å². The van der Waals surface area contributed by atoms with Crippen LogP contribution >= 0.6 is 11.6 Å². The van der Waals surface area contributed by atoms with E-state index in [0.29, 0.717) is 21.5 Å². The van der Waals surface area contributed by atoms with Gasteiger partial charge in [0, 0.05) is 21.5 Å². The quantitative estimate of drug-likeness (QED) is 0.480. The molecule has 0 saturated heterocycles. The Hall–Kier alpha value is -3.25. The van der Waals surface area contributed by atoms with Gasteiger partial charge in [-0.15, -0.1) is 0 Å². The molecule has 0 bridgehead atoms. The third-order valence-corrected chi connectivity index (χ3v) is 3.89. The summed E-state index contributed by atoms with van der Waals surface area (Å²) in [6.45, 7) is -0.557. The normalized spacial score (nSPS) is 10.5. The molecule has 0 saturated carbocycles. The highest BCUT2D eigenvalue weighted by molar-refractivity contribution is 6.30. The minimum atomic E-state index is -0.926. The summed E-state index contributed by atoms with van der Waals surface area (Å²) in [5, 5.41) is 24.0. The van der Waals surface area contributed by atoms with Crippen molar-refractivity contribution in [3.63, 3.8) is 0 Å². The highest BCUT2D eigenvalue weighted by Gasteiger charge is 2.19. The first-order valence-corrected chi connectivity index (χ1v) is 7.99. The molecule has 6 nitrogen and oxygen atoms in total. The number of hydrogen-bond acceptors (Lipinski definition) is 5. The number of phenols is 2. The van der Waals surface area contributed by atoms with Gasteiger partial charge in [-0.05, 0) is 24.3 Å². The molecule has 3 rings (SSSR count). The Morgan fingerprint density at radius 1 is 1.00 bits per heavy atom. The minimum Gasteiger partial charge on any atom is -0.507 e. The van der Waals surface area contributed by atoms with Gasteiger partial charge in [0.1, 0.15) is 17.1 Å². The summed E-state index contributed by atoms with van der Waals surface area (Å²) in [6, 6.07) is 14.1. The molecule has 0 aliphatic heterocycles. The molecule has 0 aromatic heterocycles. The minimum absolute atomic E-state index is 0.172. The van der Waals surface area contributed by atoms with E-state index in [1.807, 2.05) is 0 Å². The fraction of sp³-hybridized carbons (Fsp3) is 0.0526. The van der Waals surface area contributed by atoms with E-state index in [0.717, 1.165) is 6.07 Å². The lowest BCUT2D eigenvalue weighted by Crippen LogP contribution is -2.21. The molecular weight excluding hydrogens is 358 g/mol. The van der Waals surface area contributed by atoms with Crippen LogP contribution in [0.1, 0.15) is 10.4 Å². The van der Waals surface area contributed by atoms with Gasteiger partial charge in [-0.3, -0.25) is 4.79 Å². The average Bonchev–Trinajstić information content (AvgIpc) is 2.63. The number of anilines is 1. The van der Waals surface area contributed by atoms with Crippen molar-refractivity contribution in [1.29, 1.82) is 0 Å². The molecule has 0 aliphatic rings. The summed E-state index contributed by atoms with van der Waals surface area (Å²) >= 11 is 5.83. The number of carbonyl (C=O) groups excluding carboxylic acids is 2. The van der Waals surface area contributed by atoms with Gasteiger partial charge in [-0.1, -0.05) is 41.9 Å². The number of benzene rings is 3. The molecule has 3 N–H and O–H groups in total. The standard InChI is InChI=1S/C19H14ClNO5/c20-11-4-3-5-12(8-11)21-17(23)10-26-19(25)15-9-16(22)13-6-1-2-7-14(13)18(15)24/h1-9,22,24H,10H2,(H,21,23). The number of ether oxygens (including phenoxy) is 1. The van der Waals surface area contributed by atoms with E-state index in [1.165, 1.54) is 0 Å². The number of amides is 1. The van der Waals surface area contributed by atoms with Crippen LogP contribution in [0.15, 0.2) is 54.6 Å². The van der Waals surface area contributed by atoms with Crippen molar-refractivity contribution in [2.45, 2.75) is 0 Å². The van der Waals surface area contributed by atoms with Gasteiger partial charge in [0.25, 0.3) is 5.91 Å². The molecule has 0 fully saturated rings. The van der Waals surface area contributed by atoms with E-state index in [9.17, 15) is 19.8 Å². The Kier molecular flexibility index (Phi) is 4.95. The van der Waals surface area contributed by atoms with Crippen LogP contribution in [-0.2, 0) is 9.53 Å². The zero-order chi connectivity index (χ0) is 18.7. The monoisotopic (exact) mass is 371 g/mol. The third kappa shape index (κ3) is 3.70. The second kappa shape index (κ2) is 7.33. The maximum Gasteiger partial charge on any atom is 0.342 e. The van der Waals surface area contributed by atoms with E-state index >= 15 is 0 Å². The number of phenolic OH excluding ortho intramolecular Hbond substituents is 2. The predicted molar refractivity (Wildman–Crippen MR) is 97.6 cm³/mol. The number of hydrogen-bond donors (Lipinski definition) is 3. The lowest BCUT2D eigenvalue weighted by atomic mass is 10.0. The Morgan fingerprint density at radius 3 is 2.46 bits per heavy atom. The first-order valence-electron chi connectivity index (χ1n) is 7.62. The molecule has 0 aliphatic carbocycles. The summed E-state index contributed by atoms with van der Waals surface area (Å²) in [6.07, 6.45) is 0. The molecule has 0 spiro atoms. The fourth-order valence-electron chi connectivity index (χ4n) is 2.47. The van der Waals surface area contributed by atoms with Crippen LogP contribution in [0, 0.1) is 0 Å². The van der Waals surface area contributed by atoms with Gasteiger partial charge < -0.3 is 20.3 Å². The van der Waals surface area contributed by atoms with E-state index in [1.54, 1.807) is 48.5 Å². The second-order valence-electron chi connectivity index (χ2n) is 5.47. The number of halogens is 1. The number of rotatable bonds is 4. The second-order valence-corrected chi connectivity index (χ2v) is 5.91. The molecule has 0 radical (unpaired) electrons. The topological polar surface area (TPSA) is 95.9 Å². The number of fused-ring (bicyclic) bond motifs is 1. The van der Waals surface area contributed by atoms with Crippen LogP contribution in [0.3, 0.4) is 0 Å². The predicted octanol–water partition coefficient (Wildman–Crippen LogP) is 3.70. The highest BCUT2D eigenvalue weighted by atomic mass is 35.5. The zero-order valence-electron chi connectivity index (χ0n) is 13.4. The van der Waals surface area contributed by atoms with Crippen molar-refractivity contribution in [3.8, 4) is 11.5 Å². The number of aromatic hydroxyl groups is 2. The number of esters is 1. The molecule has 0 atom stereocenters. The van der Waals surface area contributed by atoms with Gasteiger partial charge in [0.2, 0.25) is 0 Å². The lowest BCUT2D eigenvalue weighted by molar-refractivity contribution is -0.119. The first kappa shape index (κ1) is 17.6. The number of carbonyl (C=O) groups is 2. The Morgan fingerprint density at radius 2 is 1.73 bits per heavy atom. The van der Waals surface area contributed by atoms with Crippen LogP contribution in [-0.4, -0.2) is 28.7 Å². The fourth-order valence-corrected chi connectivity index (χ4v) is 2.66. The van der Waals surface area contributed by atoms with Crippen molar-refractivity contribution in [3.05, 3.63) is 65.2 Å². The van der Waals surface area contributed by atoms with Crippen LogP contribution in [0.2, 0.25) is 5.02 Å². The highest BCUT2D eigenvalue weighted by Crippen LogP contribution is 2.35.